The minimum Gasteiger partial charge on any atom is -0.489 e. The number of benzene rings is 1. The molecule has 0 saturated heterocycles. The van der Waals surface area contributed by atoms with Crippen molar-refractivity contribution in [3.05, 3.63) is 49.1 Å². The van der Waals surface area contributed by atoms with Crippen LogP contribution < -0.4 is 20.9 Å². The van der Waals surface area contributed by atoms with Gasteiger partial charge < -0.3 is 19.3 Å². The van der Waals surface area contributed by atoms with Crippen LogP contribution in [0, 0.1) is 0 Å². The van der Waals surface area contributed by atoms with Gasteiger partial charge in [-0.25, -0.2) is 4.79 Å². The fraction of sp³-hybridized carbons (Fsp3) is 0.421. The topological polar surface area (TPSA) is 105 Å². The third-order valence-electron chi connectivity index (χ3n) is 4.75. The van der Waals surface area contributed by atoms with E-state index in [1.807, 2.05) is 18.7 Å². The molecule has 0 spiro atoms. The first-order valence-corrected chi connectivity index (χ1v) is 10.2. The number of nitrogens with one attached hydrogen (secondary N) is 1. The number of hydrogen-bond acceptors (Lipinski definition) is 6. The van der Waals surface area contributed by atoms with Gasteiger partial charge in [0, 0.05) is 25.2 Å². The van der Waals surface area contributed by atoms with Crippen LogP contribution in [0.3, 0.4) is 0 Å². The van der Waals surface area contributed by atoms with Crippen molar-refractivity contribution in [3.63, 3.8) is 0 Å². The molecule has 30 heavy (non-hydrogen) atoms. The number of H-pyrrole nitrogens is 1. The smallest absolute Gasteiger partial charge is 0.329 e. The first kappa shape index (κ1) is 22.2. The number of anilines is 1. The molecule has 2 N–H and O–H groups in total. The van der Waals surface area contributed by atoms with E-state index >= 15 is 0 Å². The zero-order valence-electron chi connectivity index (χ0n) is 16.9. The van der Waals surface area contributed by atoms with Gasteiger partial charge in [0.1, 0.15) is 18.5 Å². The Hall–Kier alpha value is -2.49. The summed E-state index contributed by atoms with van der Waals surface area (Å²) in [4.78, 5) is 33.2. The fourth-order valence-corrected chi connectivity index (χ4v) is 3.65. The lowest BCUT2D eigenvalue weighted by molar-refractivity contribution is 0.0937. The molecule has 0 unspecified atom stereocenters. The van der Waals surface area contributed by atoms with Crippen molar-refractivity contribution >= 4 is 40.3 Å². The lowest BCUT2D eigenvalue weighted by atomic mass is 10.3. The Bertz CT molecular complexity index is 1170. The predicted octanol–water partition coefficient (Wildman–Crippen LogP) is 2.02. The Morgan fingerprint density at radius 1 is 1.27 bits per heavy atom. The van der Waals surface area contributed by atoms with Gasteiger partial charge in [0.05, 0.1) is 11.6 Å². The van der Waals surface area contributed by atoms with Gasteiger partial charge in [-0.2, -0.15) is 4.98 Å². The molecule has 0 amide bonds. The minimum atomic E-state index is -0.972. The number of aryl methyl sites for hydroxylation is 1. The van der Waals surface area contributed by atoms with Crippen LogP contribution in [-0.2, 0) is 13.6 Å². The molecule has 0 fully saturated rings. The Labute approximate surface area is 182 Å². The molecular weight excluding hydrogens is 433 g/mol. The number of hydrogen-bond donors (Lipinski definition) is 2. The standard InChI is InChI=1S/C19H23Cl2N5O4/c1-4-25(5-2)18-22-16-15(17(28)23-19(29)24(16)3)26(18)9-12(27)10-30-14-7-6-11(20)8-13(14)21/h6-8,12,27H,4-5,9-10H2,1-3H3,(H,23,28,29)/t12-/m1/s1. The number of aromatic amines is 1. The minimum absolute atomic E-state index is 0.0365. The summed E-state index contributed by atoms with van der Waals surface area (Å²) in [6.45, 7) is 5.16. The van der Waals surface area contributed by atoms with E-state index in [9.17, 15) is 14.7 Å². The van der Waals surface area contributed by atoms with Gasteiger partial charge >= 0.3 is 5.69 Å². The molecule has 162 valence electrons. The van der Waals surface area contributed by atoms with Crippen LogP contribution >= 0.6 is 23.2 Å². The Kier molecular flexibility index (Phi) is 6.74. The molecule has 0 aliphatic carbocycles. The summed E-state index contributed by atoms with van der Waals surface area (Å²) in [5.74, 6) is 0.880. The van der Waals surface area contributed by atoms with E-state index < -0.39 is 17.4 Å². The summed E-state index contributed by atoms with van der Waals surface area (Å²) in [6, 6.07) is 4.80. The van der Waals surface area contributed by atoms with Crippen molar-refractivity contribution < 1.29 is 9.84 Å². The number of fused-ring (bicyclic) bond motifs is 1. The van der Waals surface area contributed by atoms with Crippen LogP contribution in [0.2, 0.25) is 10.0 Å². The molecule has 3 aromatic rings. The van der Waals surface area contributed by atoms with E-state index in [4.69, 9.17) is 27.9 Å². The highest BCUT2D eigenvalue weighted by Gasteiger charge is 2.22. The third kappa shape index (κ3) is 4.33. The van der Waals surface area contributed by atoms with Crippen LogP contribution in [0.4, 0.5) is 5.95 Å². The van der Waals surface area contributed by atoms with E-state index in [2.05, 4.69) is 9.97 Å². The van der Waals surface area contributed by atoms with Crippen molar-refractivity contribution in [1.82, 2.24) is 19.1 Å². The Balaban J connectivity index is 1.95. The van der Waals surface area contributed by atoms with Gasteiger partial charge in [0.2, 0.25) is 5.95 Å². The number of nitrogens with zero attached hydrogens (tertiary/aromatic N) is 4. The van der Waals surface area contributed by atoms with E-state index in [0.717, 1.165) is 0 Å². The van der Waals surface area contributed by atoms with Crippen LogP contribution in [0.5, 0.6) is 5.75 Å². The van der Waals surface area contributed by atoms with Crippen molar-refractivity contribution in [2.75, 3.05) is 24.6 Å². The zero-order valence-corrected chi connectivity index (χ0v) is 18.4. The second-order valence-electron chi connectivity index (χ2n) is 6.72. The number of ether oxygens (including phenoxy) is 1. The summed E-state index contributed by atoms with van der Waals surface area (Å²) in [5, 5.41) is 11.4. The highest BCUT2D eigenvalue weighted by molar-refractivity contribution is 6.35. The second-order valence-corrected chi connectivity index (χ2v) is 7.57. The van der Waals surface area contributed by atoms with Gasteiger partial charge in [0.25, 0.3) is 5.56 Å². The van der Waals surface area contributed by atoms with Crippen molar-refractivity contribution in [1.29, 1.82) is 0 Å². The second kappa shape index (κ2) is 9.11. The van der Waals surface area contributed by atoms with E-state index in [0.29, 0.717) is 34.8 Å². The number of aromatic nitrogens is 4. The lowest BCUT2D eigenvalue weighted by Gasteiger charge is -2.22. The highest BCUT2D eigenvalue weighted by Crippen LogP contribution is 2.28. The molecule has 0 aliphatic heterocycles. The summed E-state index contributed by atoms with van der Waals surface area (Å²) >= 11 is 12.0. The van der Waals surface area contributed by atoms with Gasteiger partial charge in [0.15, 0.2) is 11.2 Å². The summed E-state index contributed by atoms with van der Waals surface area (Å²) in [5.41, 5.74) is -0.653. The molecule has 2 aromatic heterocycles. The molecule has 11 heteroatoms. The van der Waals surface area contributed by atoms with Crippen LogP contribution in [0.15, 0.2) is 27.8 Å². The van der Waals surface area contributed by atoms with Crippen molar-refractivity contribution in [2.24, 2.45) is 7.05 Å². The Morgan fingerprint density at radius 2 is 1.97 bits per heavy atom. The predicted molar refractivity (Wildman–Crippen MR) is 117 cm³/mol. The largest absolute Gasteiger partial charge is 0.489 e. The first-order chi connectivity index (χ1) is 14.3. The fourth-order valence-electron chi connectivity index (χ4n) is 3.19. The molecule has 0 radical (unpaired) electrons. The molecule has 3 rings (SSSR count). The number of imidazole rings is 1. The molecule has 1 aromatic carbocycles. The molecule has 0 saturated carbocycles. The van der Waals surface area contributed by atoms with Gasteiger partial charge in [-0.1, -0.05) is 23.2 Å². The van der Waals surface area contributed by atoms with Crippen molar-refractivity contribution in [2.45, 2.75) is 26.5 Å². The number of aliphatic hydroxyl groups excluding tert-OH is 1. The maximum absolute atomic E-state index is 12.5. The maximum Gasteiger partial charge on any atom is 0.329 e. The van der Waals surface area contributed by atoms with E-state index in [1.165, 1.54) is 11.6 Å². The average Bonchev–Trinajstić information content (AvgIpc) is 3.06. The lowest BCUT2D eigenvalue weighted by Crippen LogP contribution is -2.32. The first-order valence-electron chi connectivity index (χ1n) is 9.47. The normalized spacial score (nSPS) is 12.3. The number of rotatable bonds is 8. The van der Waals surface area contributed by atoms with E-state index in [-0.39, 0.29) is 24.3 Å². The Morgan fingerprint density at radius 3 is 2.60 bits per heavy atom. The van der Waals surface area contributed by atoms with Gasteiger partial charge in [-0.05, 0) is 32.0 Å². The zero-order chi connectivity index (χ0) is 22.0. The number of aliphatic hydroxyl groups is 1. The van der Waals surface area contributed by atoms with Crippen LogP contribution in [0.1, 0.15) is 13.8 Å². The summed E-state index contributed by atoms with van der Waals surface area (Å²) in [7, 11) is 1.53. The molecule has 1 atom stereocenters. The molecule has 0 bridgehead atoms. The van der Waals surface area contributed by atoms with Crippen LogP contribution in [0.25, 0.3) is 11.2 Å². The monoisotopic (exact) mass is 455 g/mol. The van der Waals surface area contributed by atoms with Gasteiger partial charge in [-0.3, -0.25) is 14.3 Å². The quantitative estimate of drug-likeness (QED) is 0.538. The summed E-state index contributed by atoms with van der Waals surface area (Å²) in [6.07, 6.45) is -0.972. The average molecular weight is 456 g/mol. The third-order valence-corrected chi connectivity index (χ3v) is 5.28. The van der Waals surface area contributed by atoms with Crippen molar-refractivity contribution in [3.8, 4) is 5.75 Å². The molecule has 9 nitrogen and oxygen atoms in total. The summed E-state index contributed by atoms with van der Waals surface area (Å²) < 4.78 is 8.50. The molecule has 2 heterocycles. The highest BCUT2D eigenvalue weighted by atomic mass is 35.5. The molecule has 0 aliphatic rings. The maximum atomic E-state index is 12.5. The van der Waals surface area contributed by atoms with E-state index in [1.54, 1.807) is 22.8 Å². The SMILES string of the molecule is CCN(CC)c1nc2c(c(=O)[nH]c(=O)n2C)n1C[C@@H](O)COc1ccc(Cl)cc1Cl. The molecular formula is C19H23Cl2N5O4. The van der Waals surface area contributed by atoms with Crippen LogP contribution in [-0.4, -0.2) is 50.0 Å². The number of halogens is 2. The van der Waals surface area contributed by atoms with Gasteiger partial charge in [-0.15, -0.1) is 0 Å².